The molecule has 0 saturated heterocycles. The normalized spacial score (nSPS) is 18.3. The molecule has 86 valence electrons. The summed E-state index contributed by atoms with van der Waals surface area (Å²) in [6, 6.07) is 0. The maximum atomic E-state index is 12.0. The molecule has 1 rings (SSSR count). The van der Waals surface area contributed by atoms with Crippen LogP contribution in [0.1, 0.15) is 39.5 Å². The van der Waals surface area contributed by atoms with E-state index in [0.717, 1.165) is 19.4 Å². The summed E-state index contributed by atoms with van der Waals surface area (Å²) in [7, 11) is 1.86. The molecule has 0 aromatic rings. The number of carbonyl (C=O) groups excluding carboxylic acids is 2. The van der Waals surface area contributed by atoms with Gasteiger partial charge in [-0.05, 0) is 18.8 Å². The van der Waals surface area contributed by atoms with E-state index in [2.05, 4.69) is 13.8 Å². The zero-order valence-corrected chi connectivity index (χ0v) is 9.95. The molecule has 1 amide bonds. The highest BCUT2D eigenvalue weighted by molar-refractivity contribution is 5.84. The Labute approximate surface area is 91.8 Å². The van der Waals surface area contributed by atoms with Crippen molar-refractivity contribution >= 4 is 11.7 Å². The lowest BCUT2D eigenvalue weighted by Gasteiger charge is -2.27. The minimum atomic E-state index is 0.0893. The summed E-state index contributed by atoms with van der Waals surface area (Å²) in [6.07, 6.45) is 2.68. The molecule has 0 bridgehead atoms. The lowest BCUT2D eigenvalue weighted by molar-refractivity contribution is -0.136. The topological polar surface area (TPSA) is 37.4 Å². The molecule has 0 radical (unpaired) electrons. The molecule has 0 atom stereocenters. The molecule has 0 aromatic carbocycles. The second-order valence-corrected chi connectivity index (χ2v) is 4.93. The molecule has 1 saturated carbocycles. The van der Waals surface area contributed by atoms with E-state index in [4.69, 9.17) is 0 Å². The maximum Gasteiger partial charge on any atom is 0.225 e. The van der Waals surface area contributed by atoms with E-state index < -0.39 is 0 Å². The number of nitrogens with zero attached hydrogens (tertiary/aromatic N) is 1. The van der Waals surface area contributed by atoms with Gasteiger partial charge in [-0.2, -0.15) is 0 Å². The van der Waals surface area contributed by atoms with E-state index in [1.807, 2.05) is 11.9 Å². The van der Waals surface area contributed by atoms with Crippen molar-refractivity contribution in [2.45, 2.75) is 39.5 Å². The van der Waals surface area contributed by atoms with Crippen molar-refractivity contribution in [3.8, 4) is 0 Å². The van der Waals surface area contributed by atoms with Crippen molar-refractivity contribution in [1.29, 1.82) is 0 Å². The molecule has 0 heterocycles. The number of amides is 1. The molecule has 3 nitrogen and oxygen atoms in total. The van der Waals surface area contributed by atoms with Crippen LogP contribution < -0.4 is 0 Å². The Morgan fingerprint density at radius 1 is 1.40 bits per heavy atom. The lowest BCUT2D eigenvalue weighted by atomic mass is 9.87. The summed E-state index contributed by atoms with van der Waals surface area (Å²) in [4.78, 5) is 24.8. The zero-order valence-electron chi connectivity index (χ0n) is 9.95. The Bertz CT molecular complexity index is 238. The first-order valence-electron chi connectivity index (χ1n) is 5.77. The van der Waals surface area contributed by atoms with Crippen molar-refractivity contribution in [3.63, 3.8) is 0 Å². The van der Waals surface area contributed by atoms with Gasteiger partial charge in [-0.15, -0.1) is 0 Å². The van der Waals surface area contributed by atoms with Gasteiger partial charge in [-0.1, -0.05) is 13.8 Å². The van der Waals surface area contributed by atoms with Crippen LogP contribution in [-0.2, 0) is 9.59 Å². The monoisotopic (exact) mass is 211 g/mol. The Morgan fingerprint density at radius 2 is 1.93 bits per heavy atom. The van der Waals surface area contributed by atoms with E-state index in [0.29, 0.717) is 24.5 Å². The SMILES string of the molecule is CC(C)CN(C)C(=O)C1CCC(=O)CC1. The summed E-state index contributed by atoms with van der Waals surface area (Å²) in [5, 5.41) is 0. The van der Waals surface area contributed by atoms with Crippen molar-refractivity contribution in [3.05, 3.63) is 0 Å². The van der Waals surface area contributed by atoms with Crippen molar-refractivity contribution in [1.82, 2.24) is 4.90 Å². The molecule has 0 aliphatic heterocycles. The summed E-state index contributed by atoms with van der Waals surface area (Å²) in [5.74, 6) is 1.12. The van der Waals surface area contributed by atoms with Gasteiger partial charge in [0.2, 0.25) is 5.91 Å². The zero-order chi connectivity index (χ0) is 11.4. The van der Waals surface area contributed by atoms with E-state index in [9.17, 15) is 9.59 Å². The molecular weight excluding hydrogens is 190 g/mol. The van der Waals surface area contributed by atoms with Gasteiger partial charge in [0, 0.05) is 32.4 Å². The van der Waals surface area contributed by atoms with Gasteiger partial charge in [0.1, 0.15) is 5.78 Å². The average molecular weight is 211 g/mol. The van der Waals surface area contributed by atoms with Crippen LogP contribution >= 0.6 is 0 Å². The van der Waals surface area contributed by atoms with Crippen molar-refractivity contribution in [2.75, 3.05) is 13.6 Å². The third-order valence-electron chi connectivity index (χ3n) is 2.91. The third kappa shape index (κ3) is 3.65. The fourth-order valence-electron chi connectivity index (χ4n) is 2.14. The summed E-state index contributed by atoms with van der Waals surface area (Å²) < 4.78 is 0. The summed E-state index contributed by atoms with van der Waals surface area (Å²) >= 11 is 0. The molecule has 0 unspecified atom stereocenters. The molecule has 0 N–H and O–H groups in total. The van der Waals surface area contributed by atoms with Crippen LogP contribution in [0, 0.1) is 11.8 Å². The van der Waals surface area contributed by atoms with Crippen LogP contribution in [0.5, 0.6) is 0 Å². The minimum absolute atomic E-state index is 0.0893. The van der Waals surface area contributed by atoms with Gasteiger partial charge in [0.15, 0.2) is 0 Å². The molecular formula is C12H21NO2. The van der Waals surface area contributed by atoms with Crippen LogP contribution in [-0.4, -0.2) is 30.2 Å². The highest BCUT2D eigenvalue weighted by atomic mass is 16.2. The smallest absolute Gasteiger partial charge is 0.225 e. The van der Waals surface area contributed by atoms with Gasteiger partial charge in [-0.3, -0.25) is 9.59 Å². The Hall–Kier alpha value is -0.860. The molecule has 0 spiro atoms. The van der Waals surface area contributed by atoms with Crippen molar-refractivity contribution in [2.24, 2.45) is 11.8 Å². The van der Waals surface area contributed by atoms with Gasteiger partial charge >= 0.3 is 0 Å². The predicted octanol–water partition coefficient (Wildman–Crippen LogP) is 1.86. The van der Waals surface area contributed by atoms with Gasteiger partial charge in [0.25, 0.3) is 0 Å². The van der Waals surface area contributed by atoms with E-state index in [1.165, 1.54) is 0 Å². The highest BCUT2D eigenvalue weighted by Crippen LogP contribution is 2.23. The first-order valence-corrected chi connectivity index (χ1v) is 5.77. The molecule has 1 aliphatic rings. The number of ketones is 1. The molecule has 15 heavy (non-hydrogen) atoms. The van der Waals surface area contributed by atoms with E-state index in [-0.39, 0.29) is 11.8 Å². The number of rotatable bonds is 3. The fourth-order valence-corrected chi connectivity index (χ4v) is 2.14. The average Bonchev–Trinajstić information content (AvgIpc) is 2.17. The van der Waals surface area contributed by atoms with Crippen molar-refractivity contribution < 1.29 is 9.59 Å². The van der Waals surface area contributed by atoms with Crippen LogP contribution in [0.15, 0.2) is 0 Å². The number of hydrogen-bond acceptors (Lipinski definition) is 2. The number of hydrogen-bond donors (Lipinski definition) is 0. The predicted molar refractivity (Wildman–Crippen MR) is 59.4 cm³/mol. The second-order valence-electron chi connectivity index (χ2n) is 4.93. The van der Waals surface area contributed by atoms with E-state index >= 15 is 0 Å². The van der Waals surface area contributed by atoms with Crippen LogP contribution in [0.4, 0.5) is 0 Å². The Kier molecular flexibility index (Phi) is 4.30. The second kappa shape index (κ2) is 5.29. The van der Waals surface area contributed by atoms with Crippen LogP contribution in [0.2, 0.25) is 0 Å². The lowest BCUT2D eigenvalue weighted by Crippen LogP contribution is -2.37. The third-order valence-corrected chi connectivity index (χ3v) is 2.91. The maximum absolute atomic E-state index is 12.0. The Balaban J connectivity index is 2.42. The van der Waals surface area contributed by atoms with Crippen LogP contribution in [0.3, 0.4) is 0 Å². The summed E-state index contributed by atoms with van der Waals surface area (Å²) in [6.45, 7) is 5.02. The largest absolute Gasteiger partial charge is 0.345 e. The van der Waals surface area contributed by atoms with Crippen LogP contribution in [0.25, 0.3) is 0 Å². The number of Topliss-reactive ketones (excluding diaryl/α,β-unsaturated/α-hetero) is 1. The van der Waals surface area contributed by atoms with Gasteiger partial charge in [0.05, 0.1) is 0 Å². The van der Waals surface area contributed by atoms with Gasteiger partial charge in [-0.25, -0.2) is 0 Å². The summed E-state index contributed by atoms with van der Waals surface area (Å²) in [5.41, 5.74) is 0. The Morgan fingerprint density at radius 3 is 2.40 bits per heavy atom. The number of carbonyl (C=O) groups is 2. The molecule has 3 heteroatoms. The molecule has 1 fully saturated rings. The fraction of sp³-hybridized carbons (Fsp3) is 0.833. The van der Waals surface area contributed by atoms with Gasteiger partial charge < -0.3 is 4.90 Å². The minimum Gasteiger partial charge on any atom is -0.345 e. The standard InChI is InChI=1S/C12H21NO2/c1-9(2)8-13(3)12(15)10-4-6-11(14)7-5-10/h9-10H,4-8H2,1-3H3. The van der Waals surface area contributed by atoms with E-state index in [1.54, 1.807) is 0 Å². The molecule has 1 aliphatic carbocycles. The quantitative estimate of drug-likeness (QED) is 0.714. The first kappa shape index (κ1) is 12.2. The first-order chi connectivity index (χ1) is 7.00. The molecule has 0 aromatic heterocycles. The highest BCUT2D eigenvalue weighted by Gasteiger charge is 2.26.